The molecule has 0 radical (unpaired) electrons. The molecule has 0 amide bonds. The van der Waals surface area contributed by atoms with Crippen LogP contribution in [-0.4, -0.2) is 56.8 Å². The van der Waals surface area contributed by atoms with Crippen molar-refractivity contribution in [3.8, 4) is 0 Å². The molecule has 13 aliphatic rings. The van der Waals surface area contributed by atoms with Gasteiger partial charge >= 0.3 is 0 Å². The van der Waals surface area contributed by atoms with E-state index in [-0.39, 0.29) is 58.2 Å². The molecule has 5 aromatic carbocycles. The summed E-state index contributed by atoms with van der Waals surface area (Å²) >= 11 is 0. The minimum Gasteiger partial charge on any atom is -0.393 e. The van der Waals surface area contributed by atoms with Gasteiger partial charge in [0, 0.05) is 41.9 Å². The molecule has 0 unspecified atom stereocenters. The van der Waals surface area contributed by atoms with E-state index < -0.39 is 16.9 Å². The SMILES string of the molecule is Cc1ccc2c(c1)CCC/C2=C\CC1(C)C(=O)CCC1=O.Cc1ccc2c(c1)CCC/C2=C\C[C@@]1(C)C(=O)CC[C@@H]1O.Cc1ccc2c(c1)CCC1=C2CC[C@@]2(C)C1=CC[C@@H]2O.Cc1ccc2c(c1)CCC1=C2CC[C@]2(C)C(=O)CC[C@@H]12.Cc1ccc2c(c1)CCC1=C2CC[C@]2(C)[C@@H](O)CC[C@@H]12.Cl. The van der Waals surface area contributed by atoms with Gasteiger partial charge < -0.3 is 15.3 Å². The monoisotopic (exact) mass is 1400 g/mol. The maximum absolute atomic E-state index is 12.3. The van der Waals surface area contributed by atoms with Gasteiger partial charge in [-0.05, 0) is 315 Å². The third kappa shape index (κ3) is 13.9. The number of aryl methyl sites for hydroxylation is 10. The van der Waals surface area contributed by atoms with Crippen LogP contribution in [-0.2, 0) is 51.3 Å². The molecule has 7 nitrogen and oxygen atoms in total. The average Bonchev–Trinajstić information content (AvgIpc) is 1.68. The summed E-state index contributed by atoms with van der Waals surface area (Å²) in [7, 11) is 0. The van der Waals surface area contributed by atoms with E-state index in [4.69, 9.17) is 0 Å². The normalized spacial score (nSPS) is 30.1. The van der Waals surface area contributed by atoms with E-state index >= 15 is 0 Å². The molecule has 0 aliphatic heterocycles. The van der Waals surface area contributed by atoms with Crippen LogP contribution in [0.25, 0.3) is 27.9 Å². The fourth-order valence-electron chi connectivity index (χ4n) is 21.5. The Labute approximate surface area is 621 Å². The number of aliphatic hydroxyl groups is 3. The van der Waals surface area contributed by atoms with Crippen molar-refractivity contribution in [2.75, 3.05) is 0 Å². The molecule has 0 saturated heterocycles. The van der Waals surface area contributed by atoms with E-state index in [1.165, 1.54) is 127 Å². The number of ketones is 4. The molecule has 4 fully saturated rings. The Hall–Kier alpha value is -6.61. The van der Waals surface area contributed by atoms with Crippen LogP contribution in [0.2, 0.25) is 0 Å². The van der Waals surface area contributed by atoms with E-state index in [1.54, 1.807) is 39.0 Å². The lowest BCUT2D eigenvalue weighted by Crippen LogP contribution is -2.37. The molecule has 0 spiro atoms. The molecule has 13 aliphatic carbocycles. The molecular formula is C95H115ClO7. The summed E-state index contributed by atoms with van der Waals surface area (Å²) in [5, 5.41) is 30.8. The van der Waals surface area contributed by atoms with Crippen LogP contribution in [0, 0.1) is 73.5 Å². The number of fused-ring (bicyclic) bond motifs is 14. The molecule has 3 N–H and O–H groups in total. The number of allylic oxidation sites excluding steroid dienone is 10. The fraction of sp³-hybridized carbons (Fsp3) is 0.516. The number of hydrogen-bond acceptors (Lipinski definition) is 7. The number of carbonyl (C=O) groups is 4. The van der Waals surface area contributed by atoms with Gasteiger partial charge in [-0.3, -0.25) is 19.2 Å². The summed E-state index contributed by atoms with van der Waals surface area (Å²) in [4.78, 5) is 48.4. The highest BCUT2D eigenvalue weighted by Gasteiger charge is 2.53. The van der Waals surface area contributed by atoms with Gasteiger partial charge in [0.2, 0.25) is 0 Å². The van der Waals surface area contributed by atoms with E-state index in [2.05, 4.69) is 165 Å². The van der Waals surface area contributed by atoms with Gasteiger partial charge in [-0.2, -0.15) is 0 Å². The van der Waals surface area contributed by atoms with E-state index in [1.807, 2.05) is 13.8 Å². The maximum atomic E-state index is 12.3. The molecule has 0 bridgehead atoms. The first-order chi connectivity index (χ1) is 48.8. The first-order valence-electron chi connectivity index (χ1n) is 39.7. The van der Waals surface area contributed by atoms with E-state index in [9.17, 15) is 34.5 Å². The van der Waals surface area contributed by atoms with Crippen molar-refractivity contribution in [2.24, 2.45) is 38.9 Å². The third-order valence-electron chi connectivity index (χ3n) is 28.3. The molecule has 0 aromatic heterocycles. The first kappa shape index (κ1) is 74.7. The highest BCUT2D eigenvalue weighted by molar-refractivity contribution is 6.12. The molecule has 0 heterocycles. The minimum absolute atomic E-state index is 0. The zero-order valence-corrected chi connectivity index (χ0v) is 64.5. The zero-order valence-electron chi connectivity index (χ0n) is 63.7. The Balaban J connectivity index is 0.000000114. The Morgan fingerprint density at radius 1 is 0.379 bits per heavy atom. The van der Waals surface area contributed by atoms with Gasteiger partial charge in [0.15, 0.2) is 0 Å². The van der Waals surface area contributed by atoms with Crippen LogP contribution < -0.4 is 0 Å². The van der Waals surface area contributed by atoms with Gasteiger partial charge in [0.25, 0.3) is 0 Å². The summed E-state index contributed by atoms with van der Waals surface area (Å²) in [6, 6.07) is 34.0. The number of rotatable bonds is 4. The quantitative estimate of drug-likeness (QED) is 0.153. The van der Waals surface area contributed by atoms with Crippen molar-refractivity contribution < 1.29 is 34.5 Å². The van der Waals surface area contributed by atoms with Gasteiger partial charge in [0.1, 0.15) is 23.1 Å². The molecule has 5 aromatic rings. The van der Waals surface area contributed by atoms with Crippen molar-refractivity contribution in [3.05, 3.63) is 215 Å². The van der Waals surface area contributed by atoms with Crippen LogP contribution in [0.5, 0.6) is 0 Å². The predicted octanol–water partition coefficient (Wildman–Crippen LogP) is 21.2. The Bertz CT molecular complexity index is 4410. The minimum atomic E-state index is -0.769. The van der Waals surface area contributed by atoms with E-state index in [0.29, 0.717) is 56.1 Å². The second kappa shape index (κ2) is 29.6. The number of aliphatic hydroxyl groups excluding tert-OH is 3. The van der Waals surface area contributed by atoms with Crippen LogP contribution in [0.1, 0.15) is 272 Å². The molecule has 103 heavy (non-hydrogen) atoms. The summed E-state index contributed by atoms with van der Waals surface area (Å²) in [6.07, 6.45) is 34.5. The van der Waals surface area contributed by atoms with Gasteiger partial charge in [-0.1, -0.05) is 169 Å². The number of hydrogen-bond donors (Lipinski definition) is 3. The van der Waals surface area contributed by atoms with Crippen molar-refractivity contribution >= 4 is 63.4 Å². The lowest BCUT2D eigenvalue weighted by atomic mass is 9.62. The fourth-order valence-corrected chi connectivity index (χ4v) is 21.5. The molecule has 9 atom stereocenters. The topological polar surface area (TPSA) is 129 Å². The number of carbonyl (C=O) groups excluding carboxylic acids is 4. The third-order valence-corrected chi connectivity index (χ3v) is 28.3. The molecule has 4 saturated carbocycles. The van der Waals surface area contributed by atoms with Crippen molar-refractivity contribution in [3.63, 3.8) is 0 Å². The zero-order chi connectivity index (χ0) is 71.8. The molecule has 8 heteroatoms. The van der Waals surface area contributed by atoms with Crippen molar-refractivity contribution in [1.82, 2.24) is 0 Å². The van der Waals surface area contributed by atoms with Crippen molar-refractivity contribution in [1.29, 1.82) is 0 Å². The summed E-state index contributed by atoms with van der Waals surface area (Å²) in [5.74, 6) is 2.13. The van der Waals surface area contributed by atoms with Crippen molar-refractivity contribution in [2.45, 2.75) is 274 Å². The summed E-state index contributed by atoms with van der Waals surface area (Å²) in [5.41, 5.74) is 33.8. The number of benzene rings is 5. The van der Waals surface area contributed by atoms with Crippen LogP contribution in [0.4, 0.5) is 0 Å². The largest absolute Gasteiger partial charge is 0.393 e. The highest BCUT2D eigenvalue weighted by Crippen LogP contribution is 2.60. The number of Topliss-reactive ketones (excluding diaryl/α,β-unsaturated/α-hetero) is 4. The Morgan fingerprint density at radius 3 is 1.35 bits per heavy atom. The Morgan fingerprint density at radius 2 is 0.825 bits per heavy atom. The lowest BCUT2D eigenvalue weighted by Gasteiger charge is -2.43. The molecule has 18 rings (SSSR count). The second-order valence-electron chi connectivity index (χ2n) is 34.8. The summed E-state index contributed by atoms with van der Waals surface area (Å²) in [6.45, 7) is 21.3. The smallest absolute Gasteiger partial charge is 0.146 e. The second-order valence-corrected chi connectivity index (χ2v) is 34.8. The highest BCUT2D eigenvalue weighted by atomic mass is 35.5. The van der Waals surface area contributed by atoms with E-state index in [0.717, 1.165) is 116 Å². The summed E-state index contributed by atoms with van der Waals surface area (Å²) < 4.78 is 0. The van der Waals surface area contributed by atoms with Crippen LogP contribution in [0.3, 0.4) is 0 Å². The van der Waals surface area contributed by atoms with Gasteiger partial charge in [0.05, 0.1) is 29.1 Å². The van der Waals surface area contributed by atoms with Crippen LogP contribution >= 0.6 is 12.4 Å². The molecule has 544 valence electrons. The first-order valence-corrected chi connectivity index (χ1v) is 39.7. The lowest BCUT2D eigenvalue weighted by molar-refractivity contribution is -0.133. The maximum Gasteiger partial charge on any atom is 0.146 e. The van der Waals surface area contributed by atoms with Gasteiger partial charge in [-0.25, -0.2) is 0 Å². The van der Waals surface area contributed by atoms with Crippen LogP contribution in [0.15, 0.2) is 132 Å². The predicted molar refractivity (Wildman–Crippen MR) is 423 cm³/mol. The number of halogens is 1. The average molecular weight is 1400 g/mol. The molecular weight excluding hydrogens is 1290 g/mol. The Kier molecular flexibility index (Phi) is 21.5. The standard InChI is InChI=1S/C19H24O2.C19H22O2.C19H24O.2C19H22O.ClH/c2*1-13-6-7-16-14(4-3-5-15(16)12-13)10-11-19(2)17(20)8-9-18(19)21;3*1-12-3-5-14-13(11-12)4-6-16-15(14)9-10-19(2)17(16)7-8-18(19)20;/h6-7,10,12,17,20H,3-5,8-9,11H2,1-2H3;6-7,10,12H,3-5,8-9,11H2,1-2H3;3,5,11,17-18,20H,4,6-10H2,1-2H3;3,5,11,17H,4,6-10H2,1-2H3;3,5,7,11,18,20H,4,6,8-10H2,1-2H3;1H/b2*14-10+;;;;/t17-,19+;;17-,18-,19-;17-,19-;18-,19-;/m0.000./s1. The van der Waals surface area contributed by atoms with Gasteiger partial charge in [-0.15, -0.1) is 12.4 Å².